The molecule has 0 unspecified atom stereocenters. The van der Waals surface area contributed by atoms with Crippen LogP contribution in [0.15, 0.2) is 42.7 Å². The molecule has 0 saturated carbocycles. The molecule has 0 atom stereocenters. The molecule has 4 nitrogen and oxygen atoms in total. The Labute approximate surface area is 137 Å². The molecule has 1 aromatic heterocycles. The highest BCUT2D eigenvalue weighted by atomic mass is 16.1. The van der Waals surface area contributed by atoms with Crippen LogP contribution < -0.4 is 10.2 Å². The predicted octanol–water partition coefficient (Wildman–Crippen LogP) is 4.02. The largest absolute Gasteiger partial charge is 0.370 e. The summed E-state index contributed by atoms with van der Waals surface area (Å²) in [6.07, 6.45) is 8.48. The number of aromatic nitrogens is 1. The van der Waals surface area contributed by atoms with E-state index in [1.54, 1.807) is 6.20 Å². The number of hydrogen-bond donors (Lipinski definition) is 1. The molecule has 0 aliphatic carbocycles. The van der Waals surface area contributed by atoms with Gasteiger partial charge in [0.1, 0.15) is 0 Å². The molecule has 1 saturated heterocycles. The van der Waals surface area contributed by atoms with Crippen molar-refractivity contribution in [2.75, 3.05) is 23.3 Å². The maximum Gasteiger partial charge on any atom is 0.257 e. The fourth-order valence-corrected chi connectivity index (χ4v) is 2.96. The van der Waals surface area contributed by atoms with Gasteiger partial charge in [-0.1, -0.05) is 31.0 Å². The lowest BCUT2D eigenvalue weighted by Gasteiger charge is -2.22. The molecular weight excluding hydrogens is 286 g/mol. The number of nitrogens with zero attached hydrogens (tertiary/aromatic N) is 2. The van der Waals surface area contributed by atoms with E-state index >= 15 is 0 Å². The Balaban J connectivity index is 1.76. The third-order valence-electron chi connectivity index (χ3n) is 4.35. The summed E-state index contributed by atoms with van der Waals surface area (Å²) in [4.78, 5) is 19.1. The van der Waals surface area contributed by atoms with Crippen LogP contribution in [0.25, 0.3) is 0 Å². The molecule has 23 heavy (non-hydrogen) atoms. The normalized spacial score (nSPS) is 15.1. The molecular formula is C19H23N3O. The number of nitrogens with one attached hydrogen (secondary N) is 1. The summed E-state index contributed by atoms with van der Waals surface area (Å²) in [6, 6.07) is 9.74. The Bertz CT molecular complexity index is 676. The Kier molecular flexibility index (Phi) is 4.91. The SMILES string of the molecule is Cc1ccccc1NC(=O)c1cncc(N2CCCCCC2)c1. The van der Waals surface area contributed by atoms with E-state index in [-0.39, 0.29) is 5.91 Å². The number of benzene rings is 1. The third kappa shape index (κ3) is 3.89. The van der Waals surface area contributed by atoms with Gasteiger partial charge >= 0.3 is 0 Å². The molecule has 1 fully saturated rings. The van der Waals surface area contributed by atoms with E-state index in [9.17, 15) is 4.79 Å². The smallest absolute Gasteiger partial charge is 0.257 e. The number of hydrogen-bond acceptors (Lipinski definition) is 3. The van der Waals surface area contributed by atoms with Crippen molar-refractivity contribution in [3.63, 3.8) is 0 Å². The summed E-state index contributed by atoms with van der Waals surface area (Å²) < 4.78 is 0. The second-order valence-corrected chi connectivity index (χ2v) is 6.10. The second kappa shape index (κ2) is 7.27. The van der Waals surface area contributed by atoms with E-state index in [4.69, 9.17) is 0 Å². The standard InChI is InChI=1S/C19H23N3O/c1-15-8-4-5-9-18(15)21-19(23)16-12-17(14-20-13-16)22-10-6-2-3-7-11-22/h4-5,8-9,12-14H,2-3,6-7,10-11H2,1H3,(H,21,23). The van der Waals surface area contributed by atoms with Gasteiger partial charge in [0.2, 0.25) is 0 Å². The molecule has 2 heterocycles. The molecule has 1 N–H and O–H groups in total. The first-order valence-electron chi connectivity index (χ1n) is 8.31. The predicted molar refractivity (Wildman–Crippen MR) is 94.1 cm³/mol. The first-order valence-corrected chi connectivity index (χ1v) is 8.31. The number of carbonyl (C=O) groups is 1. The lowest BCUT2D eigenvalue weighted by Crippen LogP contribution is -2.24. The van der Waals surface area contributed by atoms with Crippen LogP contribution in [0, 0.1) is 6.92 Å². The zero-order valence-electron chi connectivity index (χ0n) is 13.6. The Morgan fingerprint density at radius 3 is 2.57 bits per heavy atom. The topological polar surface area (TPSA) is 45.2 Å². The highest BCUT2D eigenvalue weighted by Crippen LogP contribution is 2.21. The summed E-state index contributed by atoms with van der Waals surface area (Å²) in [5.74, 6) is -0.108. The van der Waals surface area contributed by atoms with Gasteiger partial charge in [-0.05, 0) is 37.5 Å². The van der Waals surface area contributed by atoms with E-state index in [0.717, 1.165) is 30.0 Å². The van der Waals surface area contributed by atoms with Crippen molar-refractivity contribution in [2.24, 2.45) is 0 Å². The third-order valence-corrected chi connectivity index (χ3v) is 4.35. The van der Waals surface area contributed by atoms with Crippen LogP contribution in [0.2, 0.25) is 0 Å². The minimum atomic E-state index is -0.108. The number of pyridine rings is 1. The van der Waals surface area contributed by atoms with Gasteiger partial charge < -0.3 is 10.2 Å². The van der Waals surface area contributed by atoms with Gasteiger partial charge in [-0.2, -0.15) is 0 Å². The summed E-state index contributed by atoms with van der Waals surface area (Å²) in [6.45, 7) is 4.08. The number of carbonyl (C=O) groups excluding carboxylic acids is 1. The van der Waals surface area contributed by atoms with Crippen molar-refractivity contribution in [1.29, 1.82) is 0 Å². The highest BCUT2D eigenvalue weighted by Gasteiger charge is 2.13. The van der Waals surface area contributed by atoms with Crippen LogP contribution in [-0.2, 0) is 0 Å². The second-order valence-electron chi connectivity index (χ2n) is 6.10. The zero-order valence-corrected chi connectivity index (χ0v) is 13.6. The minimum absolute atomic E-state index is 0.108. The maximum absolute atomic E-state index is 12.5. The first-order chi connectivity index (χ1) is 11.2. The van der Waals surface area contributed by atoms with Gasteiger partial charge in [-0.15, -0.1) is 0 Å². The molecule has 120 valence electrons. The number of aryl methyl sites for hydroxylation is 1. The highest BCUT2D eigenvalue weighted by molar-refractivity contribution is 6.04. The zero-order chi connectivity index (χ0) is 16.1. The first kappa shape index (κ1) is 15.5. The summed E-state index contributed by atoms with van der Waals surface area (Å²) in [5.41, 5.74) is 3.55. The minimum Gasteiger partial charge on any atom is -0.370 e. The molecule has 3 rings (SSSR count). The van der Waals surface area contributed by atoms with E-state index in [1.165, 1.54) is 25.7 Å². The quantitative estimate of drug-likeness (QED) is 0.931. The molecule has 4 heteroatoms. The molecule has 0 spiro atoms. The lowest BCUT2D eigenvalue weighted by atomic mass is 10.2. The van der Waals surface area contributed by atoms with Crippen molar-refractivity contribution in [3.05, 3.63) is 53.9 Å². The summed E-state index contributed by atoms with van der Waals surface area (Å²) in [5, 5.41) is 2.97. The molecule has 1 amide bonds. The van der Waals surface area contributed by atoms with Crippen LogP contribution >= 0.6 is 0 Å². The van der Waals surface area contributed by atoms with E-state index < -0.39 is 0 Å². The average Bonchev–Trinajstić information content (AvgIpc) is 2.86. The number of anilines is 2. The maximum atomic E-state index is 12.5. The molecule has 0 radical (unpaired) electrons. The molecule has 1 aliphatic rings. The fourth-order valence-electron chi connectivity index (χ4n) is 2.96. The van der Waals surface area contributed by atoms with E-state index in [1.807, 2.05) is 43.5 Å². The molecule has 1 aliphatic heterocycles. The van der Waals surface area contributed by atoms with Gasteiger partial charge in [-0.25, -0.2) is 0 Å². The van der Waals surface area contributed by atoms with Gasteiger partial charge in [0.05, 0.1) is 17.4 Å². The molecule has 0 bridgehead atoms. The Morgan fingerprint density at radius 2 is 1.83 bits per heavy atom. The van der Waals surface area contributed by atoms with Crippen LogP contribution in [0.3, 0.4) is 0 Å². The van der Waals surface area contributed by atoms with Crippen LogP contribution in [0.1, 0.15) is 41.6 Å². The van der Waals surface area contributed by atoms with Gasteiger partial charge in [-0.3, -0.25) is 9.78 Å². The fraction of sp³-hybridized carbons (Fsp3) is 0.368. The van der Waals surface area contributed by atoms with Gasteiger partial charge in [0.25, 0.3) is 5.91 Å². The van der Waals surface area contributed by atoms with Crippen molar-refractivity contribution in [2.45, 2.75) is 32.6 Å². The van der Waals surface area contributed by atoms with Crippen LogP contribution in [0.5, 0.6) is 0 Å². The van der Waals surface area contributed by atoms with Gasteiger partial charge in [0.15, 0.2) is 0 Å². The van der Waals surface area contributed by atoms with E-state index in [0.29, 0.717) is 5.56 Å². The monoisotopic (exact) mass is 309 g/mol. The number of amides is 1. The van der Waals surface area contributed by atoms with E-state index in [2.05, 4.69) is 15.2 Å². The average molecular weight is 309 g/mol. The van der Waals surface area contributed by atoms with Crippen molar-refractivity contribution in [3.8, 4) is 0 Å². The van der Waals surface area contributed by atoms with Crippen LogP contribution in [0.4, 0.5) is 11.4 Å². The number of rotatable bonds is 3. The van der Waals surface area contributed by atoms with Crippen molar-refractivity contribution < 1.29 is 4.79 Å². The molecule has 1 aromatic carbocycles. The Hall–Kier alpha value is -2.36. The van der Waals surface area contributed by atoms with Crippen molar-refractivity contribution >= 4 is 17.3 Å². The number of para-hydroxylation sites is 1. The lowest BCUT2D eigenvalue weighted by molar-refractivity contribution is 0.102. The van der Waals surface area contributed by atoms with Gasteiger partial charge in [0, 0.05) is 25.0 Å². The summed E-state index contributed by atoms with van der Waals surface area (Å²) >= 11 is 0. The summed E-state index contributed by atoms with van der Waals surface area (Å²) in [7, 11) is 0. The van der Waals surface area contributed by atoms with Crippen LogP contribution in [-0.4, -0.2) is 24.0 Å². The molecule has 2 aromatic rings. The van der Waals surface area contributed by atoms with Crippen molar-refractivity contribution in [1.82, 2.24) is 4.98 Å². The Morgan fingerprint density at radius 1 is 1.09 bits per heavy atom.